The van der Waals surface area contributed by atoms with Gasteiger partial charge in [0, 0.05) is 31.2 Å². The van der Waals surface area contributed by atoms with Gasteiger partial charge in [-0.15, -0.1) is 0 Å². The number of carbonyl (C=O) groups is 1. The minimum Gasteiger partial charge on any atom is -0.392 e. The number of hydrogen-bond donors (Lipinski definition) is 2. The highest BCUT2D eigenvalue weighted by Crippen LogP contribution is 2.20. The largest absolute Gasteiger partial charge is 0.392 e. The summed E-state index contributed by atoms with van der Waals surface area (Å²) in [6, 6.07) is 7.02. The third kappa shape index (κ3) is 6.02. The van der Waals surface area contributed by atoms with Crippen molar-refractivity contribution in [1.82, 2.24) is 4.90 Å². The van der Waals surface area contributed by atoms with E-state index in [2.05, 4.69) is 10.2 Å². The first kappa shape index (κ1) is 18.4. The van der Waals surface area contributed by atoms with Crippen molar-refractivity contribution in [3.8, 4) is 6.07 Å². The number of aliphatic hydroxyl groups excluding tert-OH is 1. The molecular weight excluding hydrogens is 302 g/mol. The molecule has 120 valence electrons. The number of anilines is 1. The summed E-state index contributed by atoms with van der Waals surface area (Å²) >= 11 is 5.93. The van der Waals surface area contributed by atoms with Crippen molar-refractivity contribution in [3.63, 3.8) is 0 Å². The van der Waals surface area contributed by atoms with Crippen LogP contribution in [0.3, 0.4) is 0 Å². The van der Waals surface area contributed by atoms with Gasteiger partial charge in [0.15, 0.2) is 0 Å². The molecular formula is C16H22ClN3O2. The van der Waals surface area contributed by atoms with Gasteiger partial charge in [0.1, 0.15) is 6.07 Å². The van der Waals surface area contributed by atoms with E-state index in [9.17, 15) is 9.90 Å². The molecule has 0 saturated heterocycles. The molecule has 1 unspecified atom stereocenters. The smallest absolute Gasteiger partial charge is 0.225 e. The number of rotatable bonds is 7. The van der Waals surface area contributed by atoms with Crippen LogP contribution in [-0.4, -0.2) is 41.1 Å². The van der Waals surface area contributed by atoms with Crippen molar-refractivity contribution < 1.29 is 9.90 Å². The number of nitrogens with one attached hydrogen (secondary N) is 1. The van der Waals surface area contributed by atoms with Gasteiger partial charge in [-0.3, -0.25) is 9.69 Å². The maximum atomic E-state index is 12.0. The number of hydrogen-bond acceptors (Lipinski definition) is 4. The van der Waals surface area contributed by atoms with Gasteiger partial charge in [0.2, 0.25) is 5.91 Å². The van der Waals surface area contributed by atoms with Crippen LogP contribution in [0.25, 0.3) is 0 Å². The zero-order chi connectivity index (χ0) is 16.7. The SMILES string of the molecule is CC(O)CN(CCC(=O)Nc1ccc(C#N)c(Cl)c1)C(C)C. The van der Waals surface area contributed by atoms with Crippen molar-refractivity contribution in [1.29, 1.82) is 5.26 Å². The van der Waals surface area contributed by atoms with Crippen molar-refractivity contribution in [2.45, 2.75) is 39.3 Å². The Kier molecular flexibility index (Phi) is 7.33. The van der Waals surface area contributed by atoms with Crippen LogP contribution < -0.4 is 5.32 Å². The Labute approximate surface area is 136 Å². The number of halogens is 1. The minimum absolute atomic E-state index is 0.128. The fraction of sp³-hybridized carbons (Fsp3) is 0.500. The minimum atomic E-state index is -0.428. The van der Waals surface area contributed by atoms with Crippen LogP contribution in [0.15, 0.2) is 18.2 Å². The Hall–Kier alpha value is -1.61. The molecule has 0 saturated carbocycles. The van der Waals surface area contributed by atoms with Crippen LogP contribution in [0.2, 0.25) is 5.02 Å². The predicted molar refractivity (Wildman–Crippen MR) is 87.8 cm³/mol. The van der Waals surface area contributed by atoms with E-state index in [1.54, 1.807) is 25.1 Å². The first-order chi connectivity index (χ1) is 10.3. The summed E-state index contributed by atoms with van der Waals surface area (Å²) in [6.07, 6.45) is -0.106. The summed E-state index contributed by atoms with van der Waals surface area (Å²) in [5.74, 6) is -0.128. The topological polar surface area (TPSA) is 76.4 Å². The first-order valence-corrected chi connectivity index (χ1v) is 7.63. The average molecular weight is 324 g/mol. The second kappa shape index (κ2) is 8.74. The normalized spacial score (nSPS) is 12.3. The van der Waals surface area contributed by atoms with Crippen LogP contribution in [0.5, 0.6) is 0 Å². The molecule has 0 aliphatic carbocycles. The molecule has 1 aromatic rings. The molecule has 1 aromatic carbocycles. The number of aliphatic hydroxyl groups is 1. The van der Waals surface area contributed by atoms with Crippen LogP contribution in [0, 0.1) is 11.3 Å². The highest BCUT2D eigenvalue weighted by Gasteiger charge is 2.14. The molecule has 6 heteroatoms. The first-order valence-electron chi connectivity index (χ1n) is 7.25. The lowest BCUT2D eigenvalue weighted by Gasteiger charge is -2.27. The molecule has 5 nitrogen and oxygen atoms in total. The molecule has 0 bridgehead atoms. The monoisotopic (exact) mass is 323 g/mol. The summed E-state index contributed by atoms with van der Waals surface area (Å²) < 4.78 is 0. The quantitative estimate of drug-likeness (QED) is 0.808. The summed E-state index contributed by atoms with van der Waals surface area (Å²) in [5.41, 5.74) is 0.947. The van der Waals surface area contributed by atoms with Crippen LogP contribution in [-0.2, 0) is 4.79 Å². The summed E-state index contributed by atoms with van der Waals surface area (Å²) in [5, 5.41) is 21.4. The van der Waals surface area contributed by atoms with E-state index in [1.165, 1.54) is 0 Å². The van der Waals surface area contributed by atoms with E-state index < -0.39 is 6.10 Å². The van der Waals surface area contributed by atoms with E-state index in [-0.39, 0.29) is 11.9 Å². The van der Waals surface area contributed by atoms with E-state index in [0.717, 1.165) is 0 Å². The van der Waals surface area contributed by atoms with Crippen molar-refractivity contribution in [2.24, 2.45) is 0 Å². The number of nitriles is 1. The third-order valence-corrected chi connectivity index (χ3v) is 3.54. The van der Waals surface area contributed by atoms with E-state index in [1.807, 2.05) is 19.9 Å². The Balaban J connectivity index is 2.55. The zero-order valence-electron chi connectivity index (χ0n) is 13.1. The molecule has 22 heavy (non-hydrogen) atoms. The summed E-state index contributed by atoms with van der Waals surface area (Å²) in [6.45, 7) is 6.89. The second-order valence-corrected chi connectivity index (χ2v) is 5.95. The lowest BCUT2D eigenvalue weighted by Crippen LogP contribution is -2.38. The highest BCUT2D eigenvalue weighted by molar-refractivity contribution is 6.32. The van der Waals surface area contributed by atoms with Gasteiger partial charge < -0.3 is 10.4 Å². The van der Waals surface area contributed by atoms with Crippen LogP contribution >= 0.6 is 11.6 Å². The van der Waals surface area contributed by atoms with E-state index in [0.29, 0.717) is 35.8 Å². The van der Waals surface area contributed by atoms with Gasteiger partial charge >= 0.3 is 0 Å². The molecule has 0 spiro atoms. The lowest BCUT2D eigenvalue weighted by atomic mass is 10.2. The molecule has 1 atom stereocenters. The van der Waals surface area contributed by atoms with Gasteiger partial charge in [0.25, 0.3) is 0 Å². The average Bonchev–Trinajstić information content (AvgIpc) is 2.43. The molecule has 0 fully saturated rings. The molecule has 0 heterocycles. The van der Waals surface area contributed by atoms with Gasteiger partial charge in [-0.05, 0) is 39.0 Å². The summed E-state index contributed by atoms with van der Waals surface area (Å²) in [7, 11) is 0. The molecule has 2 N–H and O–H groups in total. The second-order valence-electron chi connectivity index (χ2n) is 5.54. The Morgan fingerprint density at radius 2 is 2.14 bits per heavy atom. The van der Waals surface area contributed by atoms with Gasteiger partial charge in [0.05, 0.1) is 16.7 Å². The van der Waals surface area contributed by atoms with E-state index in [4.69, 9.17) is 16.9 Å². The molecule has 0 aliphatic heterocycles. The maximum absolute atomic E-state index is 12.0. The fourth-order valence-corrected chi connectivity index (χ4v) is 2.27. The molecule has 0 radical (unpaired) electrons. The van der Waals surface area contributed by atoms with Gasteiger partial charge in [-0.25, -0.2) is 0 Å². The number of carbonyl (C=O) groups excluding carboxylic acids is 1. The fourth-order valence-electron chi connectivity index (χ4n) is 2.05. The van der Waals surface area contributed by atoms with Crippen molar-refractivity contribution in [3.05, 3.63) is 28.8 Å². The molecule has 1 rings (SSSR count). The highest BCUT2D eigenvalue weighted by atomic mass is 35.5. The maximum Gasteiger partial charge on any atom is 0.225 e. The number of benzene rings is 1. The van der Waals surface area contributed by atoms with Crippen LogP contribution in [0.4, 0.5) is 5.69 Å². The molecule has 0 aliphatic rings. The van der Waals surface area contributed by atoms with E-state index >= 15 is 0 Å². The Morgan fingerprint density at radius 3 is 2.64 bits per heavy atom. The third-order valence-electron chi connectivity index (χ3n) is 3.23. The number of amides is 1. The van der Waals surface area contributed by atoms with Crippen molar-refractivity contribution >= 4 is 23.2 Å². The van der Waals surface area contributed by atoms with Crippen molar-refractivity contribution in [2.75, 3.05) is 18.4 Å². The van der Waals surface area contributed by atoms with Crippen LogP contribution in [0.1, 0.15) is 32.8 Å². The lowest BCUT2D eigenvalue weighted by molar-refractivity contribution is -0.116. The van der Waals surface area contributed by atoms with Gasteiger partial charge in [-0.2, -0.15) is 5.26 Å². The Bertz CT molecular complexity index is 553. The number of nitrogens with zero attached hydrogens (tertiary/aromatic N) is 2. The summed E-state index contributed by atoms with van der Waals surface area (Å²) in [4.78, 5) is 14.0. The zero-order valence-corrected chi connectivity index (χ0v) is 13.9. The molecule has 0 aromatic heterocycles. The Morgan fingerprint density at radius 1 is 1.45 bits per heavy atom. The standard InChI is InChI=1S/C16H22ClN3O2/c1-11(2)20(10-12(3)21)7-6-16(22)19-14-5-4-13(9-18)15(17)8-14/h4-5,8,11-12,21H,6-7,10H2,1-3H3,(H,19,22). The van der Waals surface area contributed by atoms with Gasteiger partial charge in [-0.1, -0.05) is 11.6 Å². The molecule has 1 amide bonds. The predicted octanol–water partition coefficient (Wildman–Crippen LogP) is 2.63.